The quantitative estimate of drug-likeness (QED) is 0.796. The van der Waals surface area contributed by atoms with Gasteiger partial charge in [0, 0.05) is 30.2 Å². The standard InChI is InChI=1S/C19H19FN2O2/c1-12-18(16-10-15(24-3)7-8-17(16)22(12)2)19(23)21-11-13-5-4-6-14(20)9-13/h4-10H,11H2,1-3H3,(H,21,23). The molecule has 0 fully saturated rings. The van der Waals surface area contributed by atoms with Gasteiger partial charge in [0.1, 0.15) is 11.6 Å². The molecule has 0 radical (unpaired) electrons. The summed E-state index contributed by atoms with van der Waals surface area (Å²) < 4.78 is 20.5. The third kappa shape index (κ3) is 2.85. The lowest BCUT2D eigenvalue weighted by atomic mass is 10.1. The van der Waals surface area contributed by atoms with Crippen LogP contribution in [0.4, 0.5) is 4.39 Å². The highest BCUT2D eigenvalue weighted by molar-refractivity contribution is 6.08. The third-order valence-corrected chi connectivity index (χ3v) is 4.27. The first kappa shape index (κ1) is 16.1. The van der Waals surface area contributed by atoms with Crippen molar-refractivity contribution >= 4 is 16.8 Å². The smallest absolute Gasteiger partial charge is 0.254 e. The zero-order chi connectivity index (χ0) is 17.3. The Kier molecular flexibility index (Phi) is 4.25. The molecule has 5 heteroatoms. The van der Waals surface area contributed by atoms with Crippen molar-refractivity contribution in [2.24, 2.45) is 7.05 Å². The highest BCUT2D eigenvalue weighted by Gasteiger charge is 2.19. The van der Waals surface area contributed by atoms with Crippen LogP contribution < -0.4 is 10.1 Å². The fourth-order valence-corrected chi connectivity index (χ4v) is 2.88. The maximum absolute atomic E-state index is 13.2. The molecule has 0 spiro atoms. The fourth-order valence-electron chi connectivity index (χ4n) is 2.88. The number of hydrogen-bond donors (Lipinski definition) is 1. The van der Waals surface area contributed by atoms with Gasteiger partial charge < -0.3 is 14.6 Å². The molecule has 1 N–H and O–H groups in total. The molecule has 2 aromatic carbocycles. The van der Waals surface area contributed by atoms with Gasteiger partial charge in [-0.1, -0.05) is 12.1 Å². The highest BCUT2D eigenvalue weighted by atomic mass is 19.1. The van der Waals surface area contributed by atoms with Gasteiger partial charge in [-0.25, -0.2) is 4.39 Å². The molecule has 4 nitrogen and oxygen atoms in total. The summed E-state index contributed by atoms with van der Waals surface area (Å²) in [4.78, 5) is 12.7. The summed E-state index contributed by atoms with van der Waals surface area (Å²) in [5.41, 5.74) is 3.17. The number of fused-ring (bicyclic) bond motifs is 1. The van der Waals surface area contributed by atoms with Crippen LogP contribution in [0.2, 0.25) is 0 Å². The van der Waals surface area contributed by atoms with Gasteiger partial charge in [-0.2, -0.15) is 0 Å². The summed E-state index contributed by atoms with van der Waals surface area (Å²) in [6.45, 7) is 2.18. The number of amides is 1. The van der Waals surface area contributed by atoms with Crippen LogP contribution in [0, 0.1) is 12.7 Å². The van der Waals surface area contributed by atoms with Crippen LogP contribution in [0.3, 0.4) is 0 Å². The van der Waals surface area contributed by atoms with Gasteiger partial charge in [-0.15, -0.1) is 0 Å². The minimum Gasteiger partial charge on any atom is -0.497 e. The molecule has 1 heterocycles. The van der Waals surface area contributed by atoms with Gasteiger partial charge in [-0.05, 0) is 42.8 Å². The molecule has 3 aromatic rings. The Morgan fingerprint density at radius 1 is 1.25 bits per heavy atom. The number of nitrogens with zero attached hydrogens (tertiary/aromatic N) is 1. The van der Waals surface area contributed by atoms with Gasteiger partial charge in [0.25, 0.3) is 5.91 Å². The lowest BCUT2D eigenvalue weighted by molar-refractivity contribution is 0.0951. The number of benzene rings is 2. The van der Waals surface area contributed by atoms with Crippen LogP contribution in [0.1, 0.15) is 21.6 Å². The van der Waals surface area contributed by atoms with Gasteiger partial charge in [0.2, 0.25) is 0 Å². The second-order valence-electron chi connectivity index (χ2n) is 5.72. The van der Waals surface area contributed by atoms with E-state index in [9.17, 15) is 9.18 Å². The van der Waals surface area contributed by atoms with E-state index in [0.29, 0.717) is 11.3 Å². The minimum atomic E-state index is -0.312. The van der Waals surface area contributed by atoms with E-state index in [1.165, 1.54) is 12.1 Å². The van der Waals surface area contributed by atoms with Crippen molar-refractivity contribution in [1.82, 2.24) is 9.88 Å². The number of carbonyl (C=O) groups excluding carboxylic acids is 1. The molecule has 3 rings (SSSR count). The minimum absolute atomic E-state index is 0.185. The van der Waals surface area contributed by atoms with Crippen molar-refractivity contribution < 1.29 is 13.9 Å². The Hall–Kier alpha value is -2.82. The van der Waals surface area contributed by atoms with Gasteiger partial charge >= 0.3 is 0 Å². The maximum atomic E-state index is 13.2. The monoisotopic (exact) mass is 326 g/mol. The molecule has 0 aliphatic rings. The largest absolute Gasteiger partial charge is 0.497 e. The third-order valence-electron chi connectivity index (χ3n) is 4.27. The zero-order valence-corrected chi connectivity index (χ0v) is 13.9. The summed E-state index contributed by atoms with van der Waals surface area (Å²) >= 11 is 0. The topological polar surface area (TPSA) is 43.3 Å². The van der Waals surface area contributed by atoms with Gasteiger partial charge in [0.05, 0.1) is 12.7 Å². The van der Waals surface area contributed by atoms with Crippen molar-refractivity contribution in [3.8, 4) is 5.75 Å². The van der Waals surface area contributed by atoms with Crippen LogP contribution in [0.5, 0.6) is 5.75 Å². The number of rotatable bonds is 4. The van der Waals surface area contributed by atoms with Crippen molar-refractivity contribution in [2.45, 2.75) is 13.5 Å². The van der Waals surface area contributed by atoms with Crippen molar-refractivity contribution in [3.05, 3.63) is 65.1 Å². The number of hydrogen-bond acceptors (Lipinski definition) is 2. The number of carbonyl (C=O) groups is 1. The van der Waals surface area contributed by atoms with E-state index < -0.39 is 0 Å². The molecule has 0 bridgehead atoms. The summed E-state index contributed by atoms with van der Waals surface area (Å²) in [6.07, 6.45) is 0. The average molecular weight is 326 g/mol. The summed E-state index contributed by atoms with van der Waals surface area (Å²) in [5, 5.41) is 3.71. The first-order valence-corrected chi connectivity index (χ1v) is 7.67. The molecule has 24 heavy (non-hydrogen) atoms. The molecular formula is C19H19FN2O2. The van der Waals surface area contributed by atoms with Crippen molar-refractivity contribution in [3.63, 3.8) is 0 Å². The highest BCUT2D eigenvalue weighted by Crippen LogP contribution is 2.28. The SMILES string of the molecule is COc1ccc2c(c1)c(C(=O)NCc1cccc(F)c1)c(C)n2C. The molecule has 1 aromatic heterocycles. The molecule has 0 saturated carbocycles. The predicted octanol–water partition coefficient (Wildman–Crippen LogP) is 3.56. The van der Waals surface area contributed by atoms with Crippen molar-refractivity contribution in [2.75, 3.05) is 7.11 Å². The van der Waals surface area contributed by atoms with E-state index in [4.69, 9.17) is 4.74 Å². The zero-order valence-electron chi connectivity index (χ0n) is 13.9. The van der Waals surface area contributed by atoms with E-state index in [2.05, 4.69) is 5.32 Å². The van der Waals surface area contributed by atoms with Crippen LogP contribution >= 0.6 is 0 Å². The predicted molar refractivity (Wildman–Crippen MR) is 91.8 cm³/mol. The molecule has 0 unspecified atom stereocenters. The van der Waals surface area contributed by atoms with Crippen LogP contribution in [0.25, 0.3) is 10.9 Å². The van der Waals surface area contributed by atoms with E-state index >= 15 is 0 Å². The first-order chi connectivity index (χ1) is 11.5. The molecule has 0 atom stereocenters. The van der Waals surface area contributed by atoms with Crippen LogP contribution in [0.15, 0.2) is 42.5 Å². The fraction of sp³-hybridized carbons (Fsp3) is 0.211. The Morgan fingerprint density at radius 3 is 2.75 bits per heavy atom. The number of halogens is 1. The normalized spacial score (nSPS) is 10.8. The second-order valence-corrected chi connectivity index (χ2v) is 5.72. The summed E-state index contributed by atoms with van der Waals surface area (Å²) in [5.74, 6) is 0.204. The number of aryl methyl sites for hydroxylation is 1. The van der Waals surface area contributed by atoms with Crippen LogP contribution in [-0.2, 0) is 13.6 Å². The van der Waals surface area contributed by atoms with Crippen LogP contribution in [-0.4, -0.2) is 17.6 Å². The average Bonchev–Trinajstić information content (AvgIpc) is 2.83. The number of methoxy groups -OCH3 is 1. The maximum Gasteiger partial charge on any atom is 0.254 e. The molecule has 0 saturated heterocycles. The molecule has 0 aliphatic heterocycles. The Bertz CT molecular complexity index is 915. The second kappa shape index (κ2) is 6.35. The lowest BCUT2D eigenvalue weighted by Crippen LogP contribution is -2.23. The Morgan fingerprint density at radius 2 is 2.04 bits per heavy atom. The van der Waals surface area contributed by atoms with E-state index in [-0.39, 0.29) is 18.3 Å². The van der Waals surface area contributed by atoms with Crippen molar-refractivity contribution in [1.29, 1.82) is 0 Å². The van der Waals surface area contributed by atoms with E-state index in [1.807, 2.05) is 36.7 Å². The Labute approximate surface area is 139 Å². The van der Waals surface area contributed by atoms with Gasteiger partial charge in [-0.3, -0.25) is 4.79 Å². The molecule has 0 aliphatic carbocycles. The Balaban J connectivity index is 1.93. The summed E-state index contributed by atoms with van der Waals surface area (Å²) in [6, 6.07) is 11.9. The number of ether oxygens (including phenoxy) is 1. The first-order valence-electron chi connectivity index (χ1n) is 7.67. The lowest BCUT2D eigenvalue weighted by Gasteiger charge is -2.07. The molecule has 124 valence electrons. The number of nitrogens with one attached hydrogen (secondary N) is 1. The van der Waals surface area contributed by atoms with E-state index in [0.717, 1.165) is 22.2 Å². The summed E-state index contributed by atoms with van der Waals surface area (Å²) in [7, 11) is 3.52. The van der Waals surface area contributed by atoms with Gasteiger partial charge in [0.15, 0.2) is 0 Å². The van der Waals surface area contributed by atoms with E-state index in [1.54, 1.807) is 19.2 Å². The number of aromatic nitrogens is 1. The molecular weight excluding hydrogens is 307 g/mol. The molecule has 1 amide bonds.